The molecule has 4 nitrogen and oxygen atoms in total. The molecule has 1 aliphatic carbocycles. The zero-order valence-corrected chi connectivity index (χ0v) is 15.7. The van der Waals surface area contributed by atoms with Gasteiger partial charge in [-0.25, -0.2) is 0 Å². The highest BCUT2D eigenvalue weighted by Crippen LogP contribution is 2.35. The van der Waals surface area contributed by atoms with Crippen LogP contribution in [0.1, 0.15) is 12.1 Å². The fourth-order valence-electron chi connectivity index (χ4n) is 2.76. The van der Waals surface area contributed by atoms with E-state index in [4.69, 9.17) is 4.74 Å². The number of ether oxygens (including phenoxy) is 1. The number of hydrogen-bond acceptors (Lipinski definition) is 4. The molecule has 1 aromatic heterocycles. The Hall–Kier alpha value is -2.50. The molecule has 2 N–H and O–H groups in total. The van der Waals surface area contributed by atoms with Gasteiger partial charge in [0.05, 0.1) is 24.6 Å². The number of hydrogen-bond donors (Lipinski definition) is 2. The van der Waals surface area contributed by atoms with E-state index in [1.54, 1.807) is 13.3 Å². The molecular weight excluding hydrogens is 344 g/mol. The number of anilines is 1. The molecule has 1 unspecified atom stereocenters. The fourth-order valence-corrected chi connectivity index (χ4v) is 4.14. The Balaban J connectivity index is 1.82. The first-order valence-corrected chi connectivity index (χ1v) is 10.4. The van der Waals surface area contributed by atoms with Crippen LogP contribution in [0.4, 0.5) is 5.69 Å². The van der Waals surface area contributed by atoms with Crippen molar-refractivity contribution in [1.29, 1.82) is 0 Å². The molecule has 5 heteroatoms. The molecule has 26 heavy (non-hydrogen) atoms. The molecule has 0 saturated heterocycles. The van der Waals surface area contributed by atoms with Gasteiger partial charge in [0.1, 0.15) is 5.75 Å². The predicted molar refractivity (Wildman–Crippen MR) is 113 cm³/mol. The van der Waals surface area contributed by atoms with Crippen LogP contribution in [0.3, 0.4) is 0 Å². The van der Waals surface area contributed by atoms with Crippen LogP contribution in [0.15, 0.2) is 71.3 Å². The largest absolute Gasteiger partial charge is 0.497 e. The molecule has 136 valence electrons. The van der Waals surface area contributed by atoms with Gasteiger partial charge in [-0.2, -0.15) is 0 Å². The molecule has 0 amide bonds. The van der Waals surface area contributed by atoms with Crippen molar-refractivity contribution in [2.75, 3.05) is 11.8 Å². The average Bonchev–Trinajstić information content (AvgIpc) is 2.65. The summed E-state index contributed by atoms with van der Waals surface area (Å²) >= 11 is 0. The molecule has 0 aliphatic heterocycles. The Morgan fingerprint density at radius 2 is 2.04 bits per heavy atom. The maximum absolute atomic E-state index is 9.58. The molecule has 2 aromatic rings. The maximum Gasteiger partial charge on any atom is 0.118 e. The minimum Gasteiger partial charge on any atom is -0.497 e. The van der Waals surface area contributed by atoms with Gasteiger partial charge in [0.25, 0.3) is 0 Å². The van der Waals surface area contributed by atoms with E-state index >= 15 is 0 Å². The summed E-state index contributed by atoms with van der Waals surface area (Å²) in [5.74, 6) is 9.45. The van der Waals surface area contributed by atoms with Gasteiger partial charge in [0, 0.05) is 17.5 Å². The van der Waals surface area contributed by atoms with Crippen molar-refractivity contribution in [2.45, 2.75) is 23.8 Å². The van der Waals surface area contributed by atoms with Crippen LogP contribution in [-0.2, 0) is 6.42 Å². The van der Waals surface area contributed by atoms with Crippen LogP contribution in [0.25, 0.3) is 0 Å². The molecule has 3 rings (SSSR count). The normalized spacial score (nSPS) is 16.8. The van der Waals surface area contributed by atoms with Gasteiger partial charge in [0.15, 0.2) is 0 Å². The molecular formula is C21H24N2O2S. The average molecular weight is 369 g/mol. The zero-order valence-electron chi connectivity index (χ0n) is 14.9. The Bertz CT molecular complexity index is 929. The highest BCUT2D eigenvalue weighted by Gasteiger charge is 2.11. The third-order valence-electron chi connectivity index (χ3n) is 4.23. The summed E-state index contributed by atoms with van der Waals surface area (Å²) in [7, 11) is -0.0836. The van der Waals surface area contributed by atoms with Crippen molar-refractivity contribution in [2.24, 2.45) is 0 Å². The summed E-state index contributed by atoms with van der Waals surface area (Å²) < 4.78 is 8.72. The van der Waals surface area contributed by atoms with E-state index in [0.717, 1.165) is 27.6 Å². The zero-order chi connectivity index (χ0) is 18.6. The number of aromatic nitrogens is 1. The highest BCUT2D eigenvalue weighted by molar-refractivity contribution is 8.28. The van der Waals surface area contributed by atoms with Crippen molar-refractivity contribution < 1.29 is 9.84 Å². The fraction of sp³-hybridized carbons (Fsp3) is 0.190. The number of allylic oxidation sites excluding steroid dienone is 2. The van der Waals surface area contributed by atoms with E-state index in [2.05, 4.69) is 27.5 Å². The summed E-state index contributed by atoms with van der Waals surface area (Å²) in [6, 6.07) is 11.7. The minimum atomic E-state index is -1.73. The number of aliphatic hydroxyl groups is 1. The lowest BCUT2D eigenvalue weighted by molar-refractivity contribution is 0.225. The second kappa shape index (κ2) is 7.81. The van der Waals surface area contributed by atoms with Gasteiger partial charge in [-0.05, 0) is 48.4 Å². The number of pyridine rings is 1. The first-order chi connectivity index (χ1) is 12.5. The Kier molecular flexibility index (Phi) is 5.49. The number of rotatable bonds is 6. The molecule has 0 bridgehead atoms. The first kappa shape index (κ1) is 18.3. The van der Waals surface area contributed by atoms with Crippen LogP contribution >= 0.6 is 9.39 Å². The van der Waals surface area contributed by atoms with Crippen LogP contribution in [0.2, 0.25) is 0 Å². The number of benzene rings is 1. The third kappa shape index (κ3) is 4.36. The topological polar surface area (TPSA) is 54.4 Å². The Labute approximate surface area is 155 Å². The second-order valence-corrected chi connectivity index (χ2v) is 8.72. The quantitative estimate of drug-likeness (QED) is 0.759. The van der Waals surface area contributed by atoms with Crippen molar-refractivity contribution >= 4 is 26.8 Å². The number of nitrogens with one attached hydrogen (secondary N) is 1. The molecule has 0 saturated carbocycles. The summed E-state index contributed by atoms with van der Waals surface area (Å²) in [5.41, 5.74) is 3.02. The molecule has 0 radical (unpaired) electrons. The van der Waals surface area contributed by atoms with E-state index in [1.165, 1.54) is 0 Å². The van der Waals surface area contributed by atoms with E-state index in [0.29, 0.717) is 12.8 Å². The smallest absolute Gasteiger partial charge is 0.118 e. The highest BCUT2D eigenvalue weighted by atomic mass is 32.2. The molecule has 0 fully saturated rings. The molecule has 1 aromatic carbocycles. The van der Waals surface area contributed by atoms with Crippen molar-refractivity contribution in [3.63, 3.8) is 0 Å². The number of nitrogens with zero attached hydrogens (tertiary/aromatic N) is 1. The maximum atomic E-state index is 9.58. The van der Waals surface area contributed by atoms with E-state index in [-0.39, 0.29) is 6.10 Å². The van der Waals surface area contributed by atoms with Gasteiger partial charge in [0.2, 0.25) is 0 Å². The van der Waals surface area contributed by atoms with E-state index in [1.807, 2.05) is 48.6 Å². The molecule has 0 spiro atoms. The number of aliphatic hydroxyl groups excluding tert-OH is 1. The lowest BCUT2D eigenvalue weighted by Gasteiger charge is -2.21. The summed E-state index contributed by atoms with van der Waals surface area (Å²) in [6.07, 6.45) is 8.59. The lowest BCUT2D eigenvalue weighted by Crippen LogP contribution is -2.07. The third-order valence-corrected chi connectivity index (χ3v) is 6.02. The van der Waals surface area contributed by atoms with Crippen LogP contribution < -0.4 is 9.46 Å². The Morgan fingerprint density at radius 1 is 1.27 bits per heavy atom. The van der Waals surface area contributed by atoms with Crippen LogP contribution in [0, 0.1) is 0 Å². The molecule has 1 aliphatic rings. The monoisotopic (exact) mass is 368 g/mol. The molecule has 1 heterocycles. The lowest BCUT2D eigenvalue weighted by atomic mass is 10.0. The summed E-state index contributed by atoms with van der Waals surface area (Å²) in [6.45, 7) is 0. The number of methoxy groups -OCH3 is 1. The van der Waals surface area contributed by atoms with Crippen molar-refractivity contribution in [3.8, 4) is 5.75 Å². The Morgan fingerprint density at radius 3 is 2.69 bits per heavy atom. The standard InChI is InChI=1S/C21H24N2O2S/c1-25-18-10-12-19(13-11-18)26(2,3)23-20-5-4-14-22-21(20)15-16-6-8-17(24)9-7-16/h4-8,10-14,17,23-24H,2-3,9,15H2,1H3. The van der Waals surface area contributed by atoms with Gasteiger partial charge < -0.3 is 14.6 Å². The van der Waals surface area contributed by atoms with Gasteiger partial charge >= 0.3 is 0 Å². The van der Waals surface area contributed by atoms with Crippen molar-refractivity contribution in [1.82, 2.24) is 4.98 Å². The van der Waals surface area contributed by atoms with Gasteiger partial charge in [-0.1, -0.05) is 30.0 Å². The van der Waals surface area contributed by atoms with E-state index < -0.39 is 9.39 Å². The van der Waals surface area contributed by atoms with Crippen molar-refractivity contribution in [3.05, 3.63) is 72.1 Å². The van der Waals surface area contributed by atoms with Gasteiger partial charge in [-0.3, -0.25) is 4.98 Å². The van der Waals surface area contributed by atoms with Crippen LogP contribution in [-0.4, -0.2) is 35.0 Å². The van der Waals surface area contributed by atoms with Gasteiger partial charge in [-0.15, -0.1) is 9.39 Å². The second-order valence-electron chi connectivity index (χ2n) is 6.28. The first-order valence-electron chi connectivity index (χ1n) is 8.38. The summed E-state index contributed by atoms with van der Waals surface area (Å²) in [4.78, 5) is 5.57. The SMILES string of the molecule is C=S(=C)(Nc1cccnc1CC1=CCC(O)C=C1)c1ccc(OC)cc1. The summed E-state index contributed by atoms with van der Waals surface area (Å²) in [5, 5.41) is 9.58. The van der Waals surface area contributed by atoms with E-state index in [9.17, 15) is 5.11 Å². The minimum absolute atomic E-state index is 0.382. The predicted octanol–water partition coefficient (Wildman–Crippen LogP) is 3.93. The molecule has 1 atom stereocenters. The van der Waals surface area contributed by atoms with Crippen LogP contribution in [0.5, 0.6) is 5.75 Å².